The van der Waals surface area contributed by atoms with Gasteiger partial charge in [-0.2, -0.15) is 0 Å². The summed E-state index contributed by atoms with van der Waals surface area (Å²) in [4.78, 5) is 22.9. The monoisotopic (exact) mass is 313 g/mol. The van der Waals surface area contributed by atoms with Gasteiger partial charge in [0.15, 0.2) is 0 Å². The third kappa shape index (κ3) is 4.16. The molecule has 3 heterocycles. The van der Waals surface area contributed by atoms with Gasteiger partial charge in [0.1, 0.15) is 6.04 Å². The lowest BCUT2D eigenvalue weighted by molar-refractivity contribution is -0.124. The lowest BCUT2D eigenvalue weighted by atomic mass is 10.0. The predicted octanol–water partition coefficient (Wildman–Crippen LogP) is 1.62. The fourth-order valence-corrected chi connectivity index (χ4v) is 2.94. The number of aromatic nitrogens is 3. The maximum absolute atomic E-state index is 12.3. The SMILES string of the molecule is CC(C(=O)NC1CCN(Cc2cccnc2)CC1)n1ccnc1. The average Bonchev–Trinajstić information content (AvgIpc) is 3.11. The molecule has 3 rings (SSSR count). The molecule has 0 aromatic carbocycles. The lowest BCUT2D eigenvalue weighted by Gasteiger charge is -2.32. The molecule has 1 N–H and O–H groups in total. The molecule has 1 fully saturated rings. The number of hydrogen-bond donors (Lipinski definition) is 1. The van der Waals surface area contributed by atoms with Crippen LogP contribution in [-0.4, -0.2) is 44.5 Å². The summed E-state index contributed by atoms with van der Waals surface area (Å²) in [5.74, 6) is 0.0636. The molecule has 1 saturated heterocycles. The van der Waals surface area contributed by atoms with Crippen LogP contribution in [0, 0.1) is 0 Å². The number of carbonyl (C=O) groups excluding carboxylic acids is 1. The summed E-state index contributed by atoms with van der Waals surface area (Å²) < 4.78 is 1.83. The minimum Gasteiger partial charge on any atom is -0.351 e. The third-order valence-electron chi connectivity index (χ3n) is 4.41. The Morgan fingerprint density at radius 1 is 1.35 bits per heavy atom. The van der Waals surface area contributed by atoms with Crippen molar-refractivity contribution in [1.82, 2.24) is 24.8 Å². The maximum Gasteiger partial charge on any atom is 0.243 e. The van der Waals surface area contributed by atoms with E-state index in [4.69, 9.17) is 0 Å². The van der Waals surface area contributed by atoms with Crippen molar-refractivity contribution >= 4 is 5.91 Å². The first-order chi connectivity index (χ1) is 11.2. The van der Waals surface area contributed by atoms with Gasteiger partial charge in [-0.25, -0.2) is 4.98 Å². The molecular weight excluding hydrogens is 290 g/mol. The Morgan fingerprint density at radius 3 is 2.83 bits per heavy atom. The van der Waals surface area contributed by atoms with Crippen LogP contribution in [0.5, 0.6) is 0 Å². The number of amides is 1. The number of pyridine rings is 1. The van der Waals surface area contributed by atoms with E-state index in [2.05, 4.69) is 26.3 Å². The van der Waals surface area contributed by atoms with Crippen LogP contribution in [0.3, 0.4) is 0 Å². The van der Waals surface area contributed by atoms with Gasteiger partial charge in [0.25, 0.3) is 0 Å². The number of rotatable bonds is 5. The van der Waals surface area contributed by atoms with E-state index in [1.165, 1.54) is 5.56 Å². The highest BCUT2D eigenvalue weighted by atomic mass is 16.2. The van der Waals surface area contributed by atoms with Crippen molar-refractivity contribution < 1.29 is 4.79 Å². The quantitative estimate of drug-likeness (QED) is 0.911. The molecule has 2 aromatic rings. The topological polar surface area (TPSA) is 63.1 Å². The van der Waals surface area contributed by atoms with E-state index >= 15 is 0 Å². The molecule has 1 amide bonds. The van der Waals surface area contributed by atoms with Gasteiger partial charge in [-0.05, 0) is 31.4 Å². The standard InChI is InChI=1S/C17H23N5O/c1-14(22-10-7-19-13-22)17(23)20-16-4-8-21(9-5-16)12-15-3-2-6-18-11-15/h2-3,6-7,10-11,13-14,16H,4-5,8-9,12H2,1H3,(H,20,23). The van der Waals surface area contributed by atoms with Gasteiger partial charge >= 0.3 is 0 Å². The maximum atomic E-state index is 12.3. The van der Waals surface area contributed by atoms with Gasteiger partial charge in [0.2, 0.25) is 5.91 Å². The summed E-state index contributed by atoms with van der Waals surface area (Å²) in [7, 11) is 0. The van der Waals surface area contributed by atoms with Crippen LogP contribution < -0.4 is 5.32 Å². The first-order valence-electron chi connectivity index (χ1n) is 8.11. The van der Waals surface area contributed by atoms with Gasteiger partial charge in [-0.1, -0.05) is 6.07 Å². The van der Waals surface area contributed by atoms with Crippen molar-refractivity contribution in [3.8, 4) is 0 Å². The molecule has 1 unspecified atom stereocenters. The Kier molecular flexibility index (Phi) is 5.02. The number of imidazole rings is 1. The number of nitrogens with zero attached hydrogens (tertiary/aromatic N) is 4. The molecule has 122 valence electrons. The van der Waals surface area contributed by atoms with E-state index in [1.54, 1.807) is 18.7 Å². The summed E-state index contributed by atoms with van der Waals surface area (Å²) in [5, 5.41) is 3.16. The molecule has 0 spiro atoms. The minimum absolute atomic E-state index is 0.0636. The highest BCUT2D eigenvalue weighted by Crippen LogP contribution is 2.14. The zero-order valence-corrected chi connectivity index (χ0v) is 13.4. The van der Waals surface area contributed by atoms with E-state index in [0.717, 1.165) is 32.5 Å². The number of piperidine rings is 1. The van der Waals surface area contributed by atoms with Crippen molar-refractivity contribution in [2.24, 2.45) is 0 Å². The first-order valence-corrected chi connectivity index (χ1v) is 8.11. The Bertz CT molecular complexity index is 605. The Morgan fingerprint density at radius 2 is 2.17 bits per heavy atom. The van der Waals surface area contributed by atoms with E-state index in [-0.39, 0.29) is 18.0 Å². The molecule has 0 aliphatic carbocycles. The summed E-state index contributed by atoms with van der Waals surface area (Å²) in [5.41, 5.74) is 1.24. The van der Waals surface area contributed by atoms with Gasteiger partial charge in [0, 0.05) is 50.5 Å². The number of hydrogen-bond acceptors (Lipinski definition) is 4. The van der Waals surface area contributed by atoms with Gasteiger partial charge < -0.3 is 9.88 Å². The van der Waals surface area contributed by atoms with Crippen LogP contribution >= 0.6 is 0 Å². The molecule has 2 aromatic heterocycles. The van der Waals surface area contributed by atoms with Gasteiger partial charge in [0.05, 0.1) is 6.33 Å². The average molecular weight is 313 g/mol. The largest absolute Gasteiger partial charge is 0.351 e. The number of likely N-dealkylation sites (tertiary alicyclic amines) is 1. The van der Waals surface area contributed by atoms with Crippen LogP contribution in [-0.2, 0) is 11.3 Å². The molecule has 1 aliphatic rings. The van der Waals surface area contributed by atoms with E-state index in [9.17, 15) is 4.79 Å². The zero-order chi connectivity index (χ0) is 16.1. The Hall–Kier alpha value is -2.21. The molecule has 1 atom stereocenters. The fraction of sp³-hybridized carbons (Fsp3) is 0.471. The first kappa shape index (κ1) is 15.7. The zero-order valence-electron chi connectivity index (χ0n) is 13.4. The summed E-state index contributed by atoms with van der Waals surface area (Å²) in [6.45, 7) is 4.83. The van der Waals surface area contributed by atoms with Crippen molar-refractivity contribution in [3.05, 3.63) is 48.8 Å². The van der Waals surface area contributed by atoms with Gasteiger partial charge in [-0.3, -0.25) is 14.7 Å². The molecule has 1 aliphatic heterocycles. The smallest absolute Gasteiger partial charge is 0.243 e. The second-order valence-electron chi connectivity index (χ2n) is 6.11. The second kappa shape index (κ2) is 7.37. The van der Waals surface area contributed by atoms with Crippen LogP contribution in [0.25, 0.3) is 0 Å². The number of nitrogens with one attached hydrogen (secondary N) is 1. The van der Waals surface area contributed by atoms with E-state index in [0.29, 0.717) is 0 Å². The highest BCUT2D eigenvalue weighted by Gasteiger charge is 2.23. The normalized spacial score (nSPS) is 17.8. The van der Waals surface area contributed by atoms with Crippen LogP contribution in [0.2, 0.25) is 0 Å². The predicted molar refractivity (Wildman–Crippen MR) is 87.6 cm³/mol. The van der Waals surface area contributed by atoms with Crippen LogP contribution in [0.4, 0.5) is 0 Å². The van der Waals surface area contributed by atoms with Crippen molar-refractivity contribution in [2.75, 3.05) is 13.1 Å². The van der Waals surface area contributed by atoms with E-state index < -0.39 is 0 Å². The summed E-state index contributed by atoms with van der Waals surface area (Å²) in [6, 6.07) is 4.12. The van der Waals surface area contributed by atoms with Crippen molar-refractivity contribution in [1.29, 1.82) is 0 Å². The highest BCUT2D eigenvalue weighted by molar-refractivity contribution is 5.80. The summed E-state index contributed by atoms with van der Waals surface area (Å²) >= 11 is 0. The lowest BCUT2D eigenvalue weighted by Crippen LogP contribution is -2.46. The molecule has 6 heteroatoms. The molecular formula is C17H23N5O. The fourth-order valence-electron chi connectivity index (χ4n) is 2.94. The molecule has 23 heavy (non-hydrogen) atoms. The Labute approximate surface area is 136 Å². The molecule has 0 saturated carbocycles. The molecule has 0 bridgehead atoms. The Balaban J connectivity index is 1.45. The third-order valence-corrected chi connectivity index (χ3v) is 4.41. The van der Waals surface area contributed by atoms with Crippen molar-refractivity contribution in [3.63, 3.8) is 0 Å². The van der Waals surface area contributed by atoms with Crippen LogP contribution in [0.1, 0.15) is 31.4 Å². The van der Waals surface area contributed by atoms with E-state index in [1.807, 2.05) is 30.0 Å². The van der Waals surface area contributed by atoms with Crippen LogP contribution in [0.15, 0.2) is 43.2 Å². The summed E-state index contributed by atoms with van der Waals surface area (Å²) in [6.07, 6.45) is 10.9. The molecule has 0 radical (unpaired) electrons. The van der Waals surface area contributed by atoms with Gasteiger partial charge in [-0.15, -0.1) is 0 Å². The van der Waals surface area contributed by atoms with Crippen molar-refractivity contribution in [2.45, 2.75) is 38.4 Å². The number of carbonyl (C=O) groups is 1. The minimum atomic E-state index is -0.217. The molecule has 6 nitrogen and oxygen atoms in total. The second-order valence-corrected chi connectivity index (χ2v) is 6.11.